The number of nitrogens with zero attached hydrogens (tertiary/aromatic N) is 3. The molecular weight excluding hydrogens is 382 g/mol. The van der Waals surface area contributed by atoms with Crippen molar-refractivity contribution in [3.63, 3.8) is 0 Å². The van der Waals surface area contributed by atoms with E-state index in [-0.39, 0.29) is 24.3 Å². The largest absolute Gasteiger partial charge is 0.355 e. The number of ether oxygens (including phenoxy) is 2. The maximum Gasteiger partial charge on any atom is 0.243 e. The lowest BCUT2D eigenvalue weighted by Gasteiger charge is -2.34. The molecule has 2 saturated heterocycles. The minimum atomic E-state index is -0.379. The van der Waals surface area contributed by atoms with Crippen molar-refractivity contribution in [3.05, 3.63) is 0 Å². The van der Waals surface area contributed by atoms with Gasteiger partial charge in [0.2, 0.25) is 5.91 Å². The van der Waals surface area contributed by atoms with Crippen LogP contribution in [0.4, 0.5) is 0 Å². The molecule has 1 spiro atoms. The molecule has 2 aliphatic heterocycles. The van der Waals surface area contributed by atoms with Crippen LogP contribution in [0.15, 0.2) is 4.99 Å². The zero-order chi connectivity index (χ0) is 21.6. The van der Waals surface area contributed by atoms with E-state index in [9.17, 15) is 4.79 Å². The predicted octanol–water partition coefficient (Wildman–Crippen LogP) is 1.42. The first-order chi connectivity index (χ1) is 14.4. The quantitative estimate of drug-likeness (QED) is 0.476. The molecule has 172 valence electrons. The Bertz CT molecular complexity index is 589. The van der Waals surface area contributed by atoms with Gasteiger partial charge in [-0.15, -0.1) is 0 Å². The number of likely N-dealkylation sites (N-methyl/N-ethyl adjacent to an activating group) is 2. The van der Waals surface area contributed by atoms with Crippen molar-refractivity contribution in [1.29, 1.82) is 0 Å². The Morgan fingerprint density at radius 3 is 2.63 bits per heavy atom. The van der Waals surface area contributed by atoms with Crippen molar-refractivity contribution < 1.29 is 14.3 Å². The van der Waals surface area contributed by atoms with Gasteiger partial charge in [0, 0.05) is 46.1 Å². The van der Waals surface area contributed by atoms with Crippen LogP contribution in [0.2, 0.25) is 0 Å². The molecule has 2 heterocycles. The molecule has 0 aromatic rings. The maximum atomic E-state index is 12.0. The van der Waals surface area contributed by atoms with Gasteiger partial charge in [-0.2, -0.15) is 0 Å². The van der Waals surface area contributed by atoms with Crippen molar-refractivity contribution in [2.24, 2.45) is 10.9 Å². The van der Waals surface area contributed by atoms with Crippen LogP contribution in [-0.2, 0) is 14.3 Å². The molecule has 0 aromatic heterocycles. The second-order valence-corrected chi connectivity index (χ2v) is 9.28. The summed E-state index contributed by atoms with van der Waals surface area (Å²) in [6, 6.07) is 0.519. The van der Waals surface area contributed by atoms with E-state index in [2.05, 4.69) is 34.4 Å². The van der Waals surface area contributed by atoms with Crippen LogP contribution in [0.25, 0.3) is 0 Å². The fraction of sp³-hybridized carbons (Fsp3) is 0.909. The first-order valence-corrected chi connectivity index (χ1v) is 11.7. The number of amides is 1. The molecular formula is C22H41N5O3. The number of hydrogen-bond donors (Lipinski definition) is 2. The van der Waals surface area contributed by atoms with E-state index in [1.807, 2.05) is 0 Å². The smallest absolute Gasteiger partial charge is 0.243 e. The molecule has 30 heavy (non-hydrogen) atoms. The average molecular weight is 424 g/mol. The van der Waals surface area contributed by atoms with E-state index in [1.54, 1.807) is 19.0 Å². The molecule has 8 nitrogen and oxygen atoms in total. The number of likely N-dealkylation sites (tertiary alicyclic amines) is 1. The minimum absolute atomic E-state index is 0.00794. The van der Waals surface area contributed by atoms with Crippen molar-refractivity contribution in [2.75, 3.05) is 53.4 Å². The summed E-state index contributed by atoms with van der Waals surface area (Å²) in [7, 11) is 3.51. The summed E-state index contributed by atoms with van der Waals surface area (Å²) in [5.74, 6) is 1.05. The van der Waals surface area contributed by atoms with Gasteiger partial charge in [0.25, 0.3) is 0 Å². The molecule has 3 rings (SSSR count). The summed E-state index contributed by atoms with van der Waals surface area (Å²) in [5.41, 5.74) is 0. The number of carbonyl (C=O) groups excluding carboxylic acids is 1. The molecule has 2 atom stereocenters. The molecule has 0 radical (unpaired) electrons. The fourth-order valence-corrected chi connectivity index (χ4v) is 4.61. The molecule has 2 N–H and O–H groups in total. The summed E-state index contributed by atoms with van der Waals surface area (Å²) in [5, 5.41) is 6.84. The molecule has 3 fully saturated rings. The Hall–Kier alpha value is -1.38. The zero-order valence-corrected chi connectivity index (χ0v) is 19.3. The molecule has 0 aromatic carbocycles. The molecule has 2 unspecified atom stereocenters. The van der Waals surface area contributed by atoms with Crippen LogP contribution in [0, 0.1) is 5.92 Å². The highest BCUT2D eigenvalue weighted by molar-refractivity contribution is 5.84. The highest BCUT2D eigenvalue weighted by atomic mass is 16.7. The Balaban J connectivity index is 1.51. The van der Waals surface area contributed by atoms with Gasteiger partial charge in [-0.3, -0.25) is 9.69 Å². The molecule has 3 aliphatic rings. The SMILES string of the molecule is CCN1CCCC1CNC(=NCC(=O)N(C)C)NCC1COC2(CCC(C)CC2)O1. The highest BCUT2D eigenvalue weighted by Gasteiger charge is 2.43. The van der Waals surface area contributed by atoms with Crippen molar-refractivity contribution in [2.45, 2.75) is 70.3 Å². The second kappa shape index (κ2) is 10.8. The number of aliphatic imine (C=N–C) groups is 1. The molecule has 1 saturated carbocycles. The molecule has 0 bridgehead atoms. The van der Waals surface area contributed by atoms with E-state index in [0.717, 1.165) is 51.2 Å². The Kier molecular flexibility index (Phi) is 8.36. The maximum absolute atomic E-state index is 12.0. The minimum Gasteiger partial charge on any atom is -0.355 e. The van der Waals surface area contributed by atoms with Crippen LogP contribution < -0.4 is 10.6 Å². The van der Waals surface area contributed by atoms with Gasteiger partial charge >= 0.3 is 0 Å². The standard InChI is InChI=1S/C22H41N5O3/c1-5-27-12-6-7-18(27)13-23-21(25-15-20(28)26(3)4)24-14-19-16-29-22(30-19)10-8-17(2)9-11-22/h17-19H,5-16H2,1-4H3,(H2,23,24,25). The van der Waals surface area contributed by atoms with Crippen LogP contribution in [-0.4, -0.2) is 93.0 Å². The lowest BCUT2D eigenvalue weighted by atomic mass is 9.86. The van der Waals surface area contributed by atoms with E-state index in [1.165, 1.54) is 12.8 Å². The lowest BCUT2D eigenvalue weighted by molar-refractivity contribution is -0.191. The number of guanidine groups is 1. The molecule has 8 heteroatoms. The number of nitrogens with one attached hydrogen (secondary N) is 2. The van der Waals surface area contributed by atoms with Gasteiger partial charge in [0.05, 0.1) is 6.61 Å². The topological polar surface area (TPSA) is 78.4 Å². The van der Waals surface area contributed by atoms with E-state index in [4.69, 9.17) is 9.47 Å². The Morgan fingerprint density at radius 1 is 1.20 bits per heavy atom. The van der Waals surface area contributed by atoms with Crippen molar-refractivity contribution in [1.82, 2.24) is 20.4 Å². The second-order valence-electron chi connectivity index (χ2n) is 9.28. The van der Waals surface area contributed by atoms with Gasteiger partial charge < -0.3 is 25.0 Å². The van der Waals surface area contributed by atoms with Gasteiger partial charge in [-0.25, -0.2) is 4.99 Å². The summed E-state index contributed by atoms with van der Waals surface area (Å²) >= 11 is 0. The third-order valence-corrected chi connectivity index (χ3v) is 6.73. The highest BCUT2D eigenvalue weighted by Crippen LogP contribution is 2.39. The van der Waals surface area contributed by atoms with Crippen LogP contribution in [0.1, 0.15) is 52.4 Å². The average Bonchev–Trinajstić information content (AvgIpc) is 3.36. The number of rotatable bonds is 7. The first kappa shape index (κ1) is 23.3. The lowest BCUT2D eigenvalue weighted by Crippen LogP contribution is -2.47. The van der Waals surface area contributed by atoms with Crippen molar-refractivity contribution in [3.8, 4) is 0 Å². The molecule has 1 amide bonds. The van der Waals surface area contributed by atoms with Gasteiger partial charge in [-0.1, -0.05) is 13.8 Å². The van der Waals surface area contributed by atoms with Gasteiger partial charge in [0.15, 0.2) is 11.7 Å². The third kappa shape index (κ3) is 6.31. The Labute approximate surface area is 181 Å². The van der Waals surface area contributed by atoms with Crippen molar-refractivity contribution >= 4 is 11.9 Å². The normalized spacial score (nSPS) is 32.5. The monoisotopic (exact) mass is 423 g/mol. The van der Waals surface area contributed by atoms with Crippen LogP contribution >= 0.6 is 0 Å². The summed E-state index contributed by atoms with van der Waals surface area (Å²) < 4.78 is 12.4. The summed E-state index contributed by atoms with van der Waals surface area (Å²) in [4.78, 5) is 20.6. The third-order valence-electron chi connectivity index (χ3n) is 6.73. The number of hydrogen-bond acceptors (Lipinski definition) is 5. The summed E-state index contributed by atoms with van der Waals surface area (Å²) in [6.07, 6.45) is 6.74. The fourth-order valence-electron chi connectivity index (χ4n) is 4.61. The van der Waals surface area contributed by atoms with Gasteiger partial charge in [-0.05, 0) is 44.7 Å². The number of carbonyl (C=O) groups is 1. The summed E-state index contributed by atoms with van der Waals surface area (Å²) in [6.45, 7) is 8.94. The van der Waals surface area contributed by atoms with Crippen LogP contribution in [0.5, 0.6) is 0 Å². The van der Waals surface area contributed by atoms with E-state index >= 15 is 0 Å². The predicted molar refractivity (Wildman–Crippen MR) is 118 cm³/mol. The Morgan fingerprint density at radius 2 is 1.93 bits per heavy atom. The van der Waals surface area contributed by atoms with Gasteiger partial charge in [0.1, 0.15) is 12.6 Å². The zero-order valence-electron chi connectivity index (χ0n) is 19.3. The van der Waals surface area contributed by atoms with E-state index < -0.39 is 0 Å². The molecule has 1 aliphatic carbocycles. The first-order valence-electron chi connectivity index (χ1n) is 11.7. The van der Waals surface area contributed by atoms with E-state index in [0.29, 0.717) is 25.2 Å². The van der Waals surface area contributed by atoms with Crippen LogP contribution in [0.3, 0.4) is 0 Å².